The number of aryl methyl sites for hydroxylation is 2. The number of aromatic nitrogens is 2. The molecule has 0 spiro atoms. The molecule has 0 saturated heterocycles. The van der Waals surface area contributed by atoms with Crippen LogP contribution in [-0.4, -0.2) is 29.7 Å². The highest BCUT2D eigenvalue weighted by Gasteiger charge is 2.23. The molecule has 7 nitrogen and oxygen atoms in total. The molecule has 0 atom stereocenters. The first-order valence-corrected chi connectivity index (χ1v) is 10.9. The molecule has 1 aromatic carbocycles. The van der Waals surface area contributed by atoms with Gasteiger partial charge in [0, 0.05) is 23.4 Å². The van der Waals surface area contributed by atoms with Gasteiger partial charge in [-0.1, -0.05) is 0 Å². The summed E-state index contributed by atoms with van der Waals surface area (Å²) in [4.78, 5) is 31.8. The lowest BCUT2D eigenvalue weighted by atomic mass is 9.97. The first kappa shape index (κ1) is 20.4. The van der Waals surface area contributed by atoms with Crippen molar-refractivity contribution in [1.82, 2.24) is 9.55 Å². The molecule has 0 unspecified atom stereocenters. The summed E-state index contributed by atoms with van der Waals surface area (Å²) in [5.74, 6) is 1.37. The lowest BCUT2D eigenvalue weighted by Gasteiger charge is -2.15. The molecule has 158 valence electrons. The van der Waals surface area contributed by atoms with E-state index >= 15 is 0 Å². The highest BCUT2D eigenvalue weighted by atomic mass is 32.1. The number of hydrogen-bond donors (Lipinski definition) is 1. The van der Waals surface area contributed by atoms with E-state index in [-0.39, 0.29) is 17.9 Å². The quantitative estimate of drug-likeness (QED) is 0.624. The van der Waals surface area contributed by atoms with Crippen molar-refractivity contribution in [3.8, 4) is 22.9 Å². The van der Waals surface area contributed by atoms with Crippen LogP contribution in [0.2, 0.25) is 0 Å². The van der Waals surface area contributed by atoms with Crippen LogP contribution in [-0.2, 0) is 24.2 Å². The third-order valence-electron chi connectivity index (χ3n) is 5.52. The van der Waals surface area contributed by atoms with Gasteiger partial charge in [0.15, 0.2) is 11.5 Å². The van der Waals surface area contributed by atoms with Gasteiger partial charge in [-0.25, -0.2) is 4.98 Å². The van der Waals surface area contributed by atoms with Gasteiger partial charge in [0.25, 0.3) is 5.56 Å². The van der Waals surface area contributed by atoms with E-state index in [0.29, 0.717) is 30.3 Å². The van der Waals surface area contributed by atoms with Gasteiger partial charge in [0.05, 0.1) is 19.6 Å². The Hall–Kier alpha value is -2.87. The fourth-order valence-corrected chi connectivity index (χ4v) is 5.30. The maximum atomic E-state index is 13.6. The van der Waals surface area contributed by atoms with Crippen molar-refractivity contribution in [2.75, 3.05) is 14.2 Å². The maximum Gasteiger partial charge on any atom is 0.262 e. The molecule has 0 fully saturated rings. The maximum absolute atomic E-state index is 13.6. The van der Waals surface area contributed by atoms with Gasteiger partial charge in [-0.15, -0.1) is 11.3 Å². The van der Waals surface area contributed by atoms with Crippen molar-refractivity contribution < 1.29 is 14.3 Å². The van der Waals surface area contributed by atoms with E-state index in [1.54, 1.807) is 36.2 Å². The van der Waals surface area contributed by atoms with Gasteiger partial charge in [-0.05, 0) is 55.9 Å². The first-order chi connectivity index (χ1) is 14.5. The molecule has 1 amide bonds. The van der Waals surface area contributed by atoms with Gasteiger partial charge in [0.2, 0.25) is 5.91 Å². The zero-order valence-electron chi connectivity index (χ0n) is 17.2. The van der Waals surface area contributed by atoms with Gasteiger partial charge in [0.1, 0.15) is 10.7 Å². The van der Waals surface area contributed by atoms with Crippen molar-refractivity contribution in [3.63, 3.8) is 0 Å². The summed E-state index contributed by atoms with van der Waals surface area (Å²) in [5, 5.41) is 0.734. The zero-order chi connectivity index (χ0) is 21.3. The normalized spacial score (nSPS) is 13.3. The molecule has 0 bridgehead atoms. The second kappa shape index (κ2) is 8.47. The molecule has 0 radical (unpaired) electrons. The highest BCUT2D eigenvalue weighted by Crippen LogP contribution is 2.36. The molecule has 4 rings (SSSR count). The molecule has 2 aromatic heterocycles. The average Bonchev–Trinajstić information content (AvgIpc) is 3.13. The van der Waals surface area contributed by atoms with Crippen molar-refractivity contribution in [2.24, 2.45) is 5.73 Å². The average molecular weight is 428 g/mol. The number of primary amides is 1. The number of fused-ring (bicyclic) bond motifs is 3. The summed E-state index contributed by atoms with van der Waals surface area (Å²) < 4.78 is 12.4. The van der Waals surface area contributed by atoms with E-state index in [1.807, 2.05) is 12.1 Å². The smallest absolute Gasteiger partial charge is 0.262 e. The van der Waals surface area contributed by atoms with Gasteiger partial charge in [-0.2, -0.15) is 0 Å². The van der Waals surface area contributed by atoms with Crippen LogP contribution in [0.15, 0.2) is 23.0 Å². The standard InChI is InChI=1S/C22H25N3O4S/c1-28-15-10-9-13(12-16(15)29-2)20-24-21-19(14-6-3-4-7-17(14)30-21)22(27)25(20)11-5-8-18(23)26/h9-10,12H,3-8,11H2,1-2H3,(H2,23,26). The topological polar surface area (TPSA) is 96.4 Å². The van der Waals surface area contributed by atoms with Crippen molar-refractivity contribution in [3.05, 3.63) is 39.0 Å². The molecule has 8 heteroatoms. The van der Waals surface area contributed by atoms with E-state index in [2.05, 4.69) is 0 Å². The van der Waals surface area contributed by atoms with Gasteiger partial charge >= 0.3 is 0 Å². The fourth-order valence-electron chi connectivity index (χ4n) is 4.05. The summed E-state index contributed by atoms with van der Waals surface area (Å²) in [5.41, 5.74) is 7.18. The van der Waals surface area contributed by atoms with Crippen molar-refractivity contribution in [2.45, 2.75) is 45.1 Å². The van der Waals surface area contributed by atoms with E-state index in [0.717, 1.165) is 47.0 Å². The number of rotatable bonds is 7. The van der Waals surface area contributed by atoms with Crippen molar-refractivity contribution >= 4 is 27.5 Å². The first-order valence-electron chi connectivity index (χ1n) is 10.1. The molecule has 30 heavy (non-hydrogen) atoms. The molecule has 1 aliphatic carbocycles. The van der Waals surface area contributed by atoms with E-state index in [1.165, 1.54) is 4.88 Å². The number of carbonyl (C=O) groups excluding carboxylic acids is 1. The Morgan fingerprint density at radius 3 is 2.70 bits per heavy atom. The number of thiophene rings is 1. The summed E-state index contributed by atoms with van der Waals surface area (Å²) in [6, 6.07) is 5.50. The van der Waals surface area contributed by atoms with Crippen LogP contribution in [0.3, 0.4) is 0 Å². The minimum atomic E-state index is -0.377. The molecule has 0 saturated carbocycles. The fraction of sp³-hybridized carbons (Fsp3) is 0.409. The lowest BCUT2D eigenvalue weighted by Crippen LogP contribution is -2.25. The predicted molar refractivity (Wildman–Crippen MR) is 117 cm³/mol. The minimum Gasteiger partial charge on any atom is -0.493 e. The Labute approximate surface area is 178 Å². The van der Waals surface area contributed by atoms with Crippen LogP contribution in [0.5, 0.6) is 11.5 Å². The van der Waals surface area contributed by atoms with Crippen LogP contribution in [0.25, 0.3) is 21.6 Å². The number of nitrogens with zero attached hydrogens (tertiary/aromatic N) is 2. The monoisotopic (exact) mass is 427 g/mol. The largest absolute Gasteiger partial charge is 0.493 e. The number of nitrogens with two attached hydrogens (primary N) is 1. The molecule has 2 heterocycles. The van der Waals surface area contributed by atoms with E-state index in [4.69, 9.17) is 20.2 Å². The molecule has 1 aliphatic rings. The third kappa shape index (κ3) is 3.67. The Morgan fingerprint density at radius 2 is 1.97 bits per heavy atom. The van der Waals surface area contributed by atoms with Crippen LogP contribution >= 0.6 is 11.3 Å². The van der Waals surface area contributed by atoms with Crippen LogP contribution in [0.1, 0.15) is 36.1 Å². The number of benzene rings is 1. The number of methoxy groups -OCH3 is 2. The lowest BCUT2D eigenvalue weighted by molar-refractivity contribution is -0.118. The predicted octanol–water partition coefficient (Wildman–Crippen LogP) is 3.29. The molecule has 2 N–H and O–H groups in total. The van der Waals surface area contributed by atoms with Crippen LogP contribution in [0, 0.1) is 0 Å². The second-order valence-corrected chi connectivity index (χ2v) is 8.51. The molecular weight excluding hydrogens is 402 g/mol. The number of amides is 1. The van der Waals surface area contributed by atoms with E-state index in [9.17, 15) is 9.59 Å². The Morgan fingerprint density at radius 1 is 1.20 bits per heavy atom. The molecule has 3 aromatic rings. The second-order valence-electron chi connectivity index (χ2n) is 7.42. The Balaban J connectivity index is 1.90. The Kier molecular flexibility index (Phi) is 5.76. The minimum absolute atomic E-state index is 0.0475. The SMILES string of the molecule is COc1ccc(-c2nc3sc4c(c3c(=O)n2CCCC(N)=O)CCCC4)cc1OC. The molecule has 0 aliphatic heterocycles. The van der Waals surface area contributed by atoms with Gasteiger partial charge in [-0.3, -0.25) is 14.2 Å². The summed E-state index contributed by atoms with van der Waals surface area (Å²) >= 11 is 1.62. The third-order valence-corrected chi connectivity index (χ3v) is 6.71. The summed E-state index contributed by atoms with van der Waals surface area (Å²) in [6.45, 7) is 0.374. The van der Waals surface area contributed by atoms with Crippen LogP contribution in [0.4, 0.5) is 0 Å². The number of carbonyl (C=O) groups is 1. The van der Waals surface area contributed by atoms with Gasteiger partial charge < -0.3 is 15.2 Å². The number of ether oxygens (including phenoxy) is 2. The van der Waals surface area contributed by atoms with Crippen LogP contribution < -0.4 is 20.8 Å². The zero-order valence-corrected chi connectivity index (χ0v) is 18.0. The highest BCUT2D eigenvalue weighted by molar-refractivity contribution is 7.18. The molecular formula is C22H25N3O4S. The van der Waals surface area contributed by atoms with E-state index < -0.39 is 0 Å². The number of hydrogen-bond acceptors (Lipinski definition) is 6. The summed E-state index contributed by atoms with van der Waals surface area (Å²) in [6.07, 6.45) is 4.87. The Bertz CT molecular complexity index is 1170. The summed E-state index contributed by atoms with van der Waals surface area (Å²) in [7, 11) is 3.16. The van der Waals surface area contributed by atoms with Crippen molar-refractivity contribution in [1.29, 1.82) is 0 Å².